The van der Waals surface area contributed by atoms with E-state index in [0.29, 0.717) is 5.69 Å². The van der Waals surface area contributed by atoms with Crippen molar-refractivity contribution >= 4 is 17.3 Å². The van der Waals surface area contributed by atoms with Crippen LogP contribution >= 0.6 is 0 Å². The Bertz CT molecular complexity index is 664. The van der Waals surface area contributed by atoms with Crippen molar-refractivity contribution in [1.82, 2.24) is 4.98 Å². The van der Waals surface area contributed by atoms with Crippen LogP contribution < -0.4 is 10.6 Å². The van der Waals surface area contributed by atoms with Gasteiger partial charge in [-0.2, -0.15) is 0 Å². The molecule has 1 atom stereocenters. The van der Waals surface area contributed by atoms with Gasteiger partial charge in [0.05, 0.1) is 6.10 Å². The molecule has 23 heavy (non-hydrogen) atoms. The first-order chi connectivity index (χ1) is 11.2. The van der Waals surface area contributed by atoms with Gasteiger partial charge in [0.1, 0.15) is 5.69 Å². The number of amides is 1. The van der Waals surface area contributed by atoms with E-state index < -0.39 is 0 Å². The lowest BCUT2D eigenvalue weighted by Gasteiger charge is -2.12. The summed E-state index contributed by atoms with van der Waals surface area (Å²) in [7, 11) is 0. The maximum atomic E-state index is 12.3. The minimum Gasteiger partial charge on any atom is -0.382 e. The van der Waals surface area contributed by atoms with Gasteiger partial charge in [0, 0.05) is 30.7 Å². The number of hydrogen-bond acceptors (Lipinski definition) is 4. The van der Waals surface area contributed by atoms with E-state index in [2.05, 4.69) is 15.6 Å². The smallest absolute Gasteiger partial charge is 0.274 e. The van der Waals surface area contributed by atoms with Crippen LogP contribution in [0.15, 0.2) is 42.6 Å². The number of aromatic nitrogens is 1. The quantitative estimate of drug-likeness (QED) is 0.890. The maximum Gasteiger partial charge on any atom is 0.274 e. The van der Waals surface area contributed by atoms with Crippen LogP contribution in [0, 0.1) is 6.92 Å². The number of rotatable bonds is 5. The van der Waals surface area contributed by atoms with Crippen LogP contribution in [-0.2, 0) is 4.74 Å². The molecule has 1 amide bonds. The lowest BCUT2D eigenvalue weighted by atomic mass is 10.2. The molecule has 3 rings (SSSR count). The van der Waals surface area contributed by atoms with Crippen LogP contribution in [0.1, 0.15) is 28.9 Å². The number of pyridine rings is 1. The molecule has 1 aliphatic heterocycles. The van der Waals surface area contributed by atoms with Gasteiger partial charge in [-0.15, -0.1) is 0 Å². The number of ether oxygens (including phenoxy) is 1. The summed E-state index contributed by atoms with van der Waals surface area (Å²) in [6.45, 7) is 3.60. The fraction of sp³-hybridized carbons (Fsp3) is 0.333. The highest BCUT2D eigenvalue weighted by Gasteiger charge is 2.15. The van der Waals surface area contributed by atoms with Crippen LogP contribution in [0.4, 0.5) is 11.4 Å². The third-order valence-corrected chi connectivity index (χ3v) is 3.86. The third kappa shape index (κ3) is 4.29. The highest BCUT2D eigenvalue weighted by Crippen LogP contribution is 2.15. The summed E-state index contributed by atoms with van der Waals surface area (Å²) in [5.41, 5.74) is 3.19. The Morgan fingerprint density at radius 1 is 1.26 bits per heavy atom. The molecule has 0 radical (unpaired) electrons. The zero-order valence-electron chi connectivity index (χ0n) is 13.2. The normalized spacial score (nSPS) is 17.0. The van der Waals surface area contributed by atoms with Gasteiger partial charge in [-0.3, -0.25) is 9.78 Å². The summed E-state index contributed by atoms with van der Waals surface area (Å²) in [6, 6.07) is 11.3. The van der Waals surface area contributed by atoms with E-state index in [4.69, 9.17) is 4.74 Å². The Morgan fingerprint density at radius 2 is 2.09 bits per heavy atom. The number of nitrogens with one attached hydrogen (secondary N) is 2. The maximum absolute atomic E-state index is 12.3. The molecular formula is C18H21N3O2. The minimum atomic E-state index is -0.213. The van der Waals surface area contributed by atoms with Crippen LogP contribution in [0.5, 0.6) is 0 Å². The number of anilines is 2. The van der Waals surface area contributed by atoms with Crippen molar-refractivity contribution < 1.29 is 9.53 Å². The third-order valence-electron chi connectivity index (χ3n) is 3.86. The van der Waals surface area contributed by atoms with Crippen molar-refractivity contribution in [3.8, 4) is 0 Å². The SMILES string of the molecule is Cc1ccc(NC(=O)c2cc(NCC3CCCO3)ccn2)cc1. The Morgan fingerprint density at radius 3 is 2.83 bits per heavy atom. The molecule has 2 aromatic rings. The van der Waals surface area contributed by atoms with Crippen LogP contribution in [0.25, 0.3) is 0 Å². The standard InChI is InChI=1S/C18H21N3O2/c1-13-4-6-14(7-5-13)21-18(22)17-11-15(8-9-19-17)20-12-16-3-2-10-23-16/h4-9,11,16H,2-3,10,12H2,1H3,(H,19,20)(H,21,22). The number of nitrogens with zero attached hydrogens (tertiary/aromatic N) is 1. The second-order valence-corrected chi connectivity index (χ2v) is 5.77. The van der Waals surface area contributed by atoms with Gasteiger partial charge in [0.2, 0.25) is 0 Å². The predicted molar refractivity (Wildman–Crippen MR) is 90.8 cm³/mol. The van der Waals surface area contributed by atoms with E-state index in [-0.39, 0.29) is 12.0 Å². The Labute approximate surface area is 136 Å². The molecule has 0 spiro atoms. The van der Waals surface area contributed by atoms with Crippen molar-refractivity contribution in [3.05, 3.63) is 53.9 Å². The van der Waals surface area contributed by atoms with Gasteiger partial charge >= 0.3 is 0 Å². The second-order valence-electron chi connectivity index (χ2n) is 5.77. The van der Waals surface area contributed by atoms with Crippen molar-refractivity contribution in [3.63, 3.8) is 0 Å². The summed E-state index contributed by atoms with van der Waals surface area (Å²) in [5.74, 6) is -0.213. The van der Waals surface area contributed by atoms with Crippen LogP contribution in [0.3, 0.4) is 0 Å². The second kappa shape index (κ2) is 7.24. The number of hydrogen-bond donors (Lipinski definition) is 2. The molecule has 0 aliphatic carbocycles. The molecule has 120 valence electrons. The molecule has 5 heteroatoms. The molecule has 1 unspecified atom stereocenters. The summed E-state index contributed by atoms with van der Waals surface area (Å²) in [6.07, 6.45) is 4.10. The fourth-order valence-electron chi connectivity index (χ4n) is 2.53. The Balaban J connectivity index is 1.61. The summed E-state index contributed by atoms with van der Waals surface area (Å²) in [4.78, 5) is 16.4. The van der Waals surface area contributed by atoms with Crippen molar-refractivity contribution in [2.45, 2.75) is 25.9 Å². The highest BCUT2D eigenvalue weighted by molar-refractivity contribution is 6.03. The zero-order valence-corrected chi connectivity index (χ0v) is 13.2. The van der Waals surface area contributed by atoms with Crippen molar-refractivity contribution in [2.75, 3.05) is 23.8 Å². The molecule has 0 saturated carbocycles. The fourth-order valence-corrected chi connectivity index (χ4v) is 2.53. The lowest BCUT2D eigenvalue weighted by molar-refractivity contribution is 0.102. The number of carbonyl (C=O) groups is 1. The molecule has 1 aromatic heterocycles. The first-order valence-corrected chi connectivity index (χ1v) is 7.90. The van der Waals surface area contributed by atoms with E-state index in [1.54, 1.807) is 12.3 Å². The molecule has 0 bridgehead atoms. The number of benzene rings is 1. The molecule has 1 saturated heterocycles. The zero-order chi connectivity index (χ0) is 16.1. The monoisotopic (exact) mass is 311 g/mol. The molecule has 1 aromatic carbocycles. The van der Waals surface area contributed by atoms with Gasteiger partial charge in [0.15, 0.2) is 0 Å². The van der Waals surface area contributed by atoms with Crippen molar-refractivity contribution in [2.24, 2.45) is 0 Å². The van der Waals surface area contributed by atoms with Crippen LogP contribution in [-0.4, -0.2) is 30.1 Å². The summed E-state index contributed by atoms with van der Waals surface area (Å²) >= 11 is 0. The van der Waals surface area contributed by atoms with E-state index in [0.717, 1.165) is 42.9 Å². The molecule has 1 aliphatic rings. The molecule has 2 N–H and O–H groups in total. The van der Waals surface area contributed by atoms with Crippen molar-refractivity contribution in [1.29, 1.82) is 0 Å². The van der Waals surface area contributed by atoms with E-state index in [1.165, 1.54) is 0 Å². The van der Waals surface area contributed by atoms with E-state index >= 15 is 0 Å². The van der Waals surface area contributed by atoms with Gasteiger partial charge in [0.25, 0.3) is 5.91 Å². The number of carbonyl (C=O) groups excluding carboxylic acids is 1. The first-order valence-electron chi connectivity index (χ1n) is 7.90. The molecular weight excluding hydrogens is 290 g/mol. The topological polar surface area (TPSA) is 63.2 Å². The average molecular weight is 311 g/mol. The van der Waals surface area contributed by atoms with Gasteiger partial charge in [-0.05, 0) is 44.0 Å². The van der Waals surface area contributed by atoms with Gasteiger partial charge < -0.3 is 15.4 Å². The van der Waals surface area contributed by atoms with E-state index in [9.17, 15) is 4.79 Å². The predicted octanol–water partition coefficient (Wildman–Crippen LogP) is 3.23. The molecule has 2 heterocycles. The Kier molecular flexibility index (Phi) is 4.88. The van der Waals surface area contributed by atoms with E-state index in [1.807, 2.05) is 37.3 Å². The number of aryl methyl sites for hydroxylation is 1. The van der Waals surface area contributed by atoms with Crippen LogP contribution in [0.2, 0.25) is 0 Å². The van der Waals surface area contributed by atoms with Gasteiger partial charge in [-0.1, -0.05) is 17.7 Å². The minimum absolute atomic E-state index is 0.213. The largest absolute Gasteiger partial charge is 0.382 e. The summed E-state index contributed by atoms with van der Waals surface area (Å²) in [5, 5.41) is 6.16. The average Bonchev–Trinajstić information content (AvgIpc) is 3.09. The van der Waals surface area contributed by atoms with Gasteiger partial charge in [-0.25, -0.2) is 0 Å². The first kappa shape index (κ1) is 15.5. The Hall–Kier alpha value is -2.40. The molecule has 1 fully saturated rings. The molecule has 5 nitrogen and oxygen atoms in total. The summed E-state index contributed by atoms with van der Waals surface area (Å²) < 4.78 is 5.58. The highest BCUT2D eigenvalue weighted by atomic mass is 16.5. The lowest BCUT2D eigenvalue weighted by Crippen LogP contribution is -2.19.